The van der Waals surface area contributed by atoms with Gasteiger partial charge in [0.15, 0.2) is 0 Å². The highest BCUT2D eigenvalue weighted by Gasteiger charge is 2.39. The predicted molar refractivity (Wildman–Crippen MR) is 246 cm³/mol. The summed E-state index contributed by atoms with van der Waals surface area (Å²) in [6, 6.07) is 41.3. The Morgan fingerprint density at radius 3 is 1.57 bits per heavy atom. The van der Waals surface area contributed by atoms with Crippen LogP contribution in [0.15, 0.2) is 127 Å². The summed E-state index contributed by atoms with van der Waals surface area (Å²) in [5.74, 6) is 0.746. The van der Waals surface area contributed by atoms with Gasteiger partial charge in [-0.05, 0) is 123 Å². The van der Waals surface area contributed by atoms with Gasteiger partial charge in [-0.15, -0.1) is 0 Å². The van der Waals surface area contributed by atoms with Crippen LogP contribution in [0.25, 0.3) is 0 Å². The third-order valence-corrected chi connectivity index (χ3v) is 14.4. The highest BCUT2D eigenvalue weighted by molar-refractivity contribution is 6.60. The normalized spacial score (nSPS) is 13.3. The molecule has 0 radical (unpaired) electrons. The average molecular weight is 876 g/mol. The zero-order valence-electron chi connectivity index (χ0n) is 37.6. The summed E-state index contributed by atoms with van der Waals surface area (Å²) in [6.07, 6.45) is 1.30. The zero-order chi connectivity index (χ0) is 45.3. The number of hydrogen-bond donors (Lipinski definition) is 1. The van der Waals surface area contributed by atoms with Gasteiger partial charge in [-0.25, -0.2) is 9.59 Å². The Kier molecular flexibility index (Phi) is 17.7. The number of hydrogen-bond acceptors (Lipinski definition) is 10. The molecule has 0 aliphatic carbocycles. The predicted octanol–water partition coefficient (Wildman–Crippen LogP) is 10.4. The smallest absolute Gasteiger partial charge is 0.497 e. The van der Waals surface area contributed by atoms with Crippen LogP contribution in [-0.2, 0) is 33.6 Å². The van der Waals surface area contributed by atoms with Gasteiger partial charge in [-0.1, -0.05) is 85.8 Å². The summed E-state index contributed by atoms with van der Waals surface area (Å²) in [6.45, 7) is 13.5. The van der Waals surface area contributed by atoms with E-state index in [1.807, 2.05) is 87.5 Å². The van der Waals surface area contributed by atoms with Gasteiger partial charge in [-0.3, -0.25) is 4.79 Å². The number of carbonyl (C=O) groups is 3. The third kappa shape index (κ3) is 12.7. The first-order chi connectivity index (χ1) is 30.4. The SMILES string of the molecule is CCO[Si](CCCNC(=O)OCCCC(C)(c1ccc(OC(C)=O)cc1)c1ccc(OC(=O)c2ccc(C(C)(c3ccccc3)c3ccc(OC)cc3)cc2)cc1)(OCC)OCC. The van der Waals surface area contributed by atoms with Gasteiger partial charge in [0.25, 0.3) is 0 Å². The van der Waals surface area contributed by atoms with Crippen molar-refractivity contribution in [3.8, 4) is 17.2 Å². The molecule has 63 heavy (non-hydrogen) atoms. The number of esters is 2. The Morgan fingerprint density at radius 1 is 0.587 bits per heavy atom. The lowest BCUT2D eigenvalue weighted by Crippen LogP contribution is -2.46. The Balaban J connectivity index is 1.25. The van der Waals surface area contributed by atoms with Crippen LogP contribution in [-0.4, -0.2) is 66.9 Å². The molecule has 1 N–H and O–H groups in total. The molecule has 0 saturated carbocycles. The van der Waals surface area contributed by atoms with E-state index >= 15 is 0 Å². The number of amides is 1. The standard InChI is InChI=1S/C51H61NO10Si/c1-8-58-63(59-9-2,60-10-3)37-15-35-52-49(55)57-36-14-34-50(5,40-22-30-46(31-23-40)61-38(4)53)41-24-32-47(33-25-41)62-48(54)39-18-20-43(21-19-39)51(6,42-16-12-11-13-17-42)44-26-28-45(56-7)29-27-44/h11-13,16-33H,8-10,14-15,34-37H2,1-7H3,(H,52,55). The van der Waals surface area contributed by atoms with E-state index < -0.39 is 37.7 Å². The number of carbonyl (C=O) groups excluding carboxylic acids is 3. The maximum absolute atomic E-state index is 13.5. The maximum atomic E-state index is 13.5. The first-order valence-corrected chi connectivity index (χ1v) is 23.6. The van der Waals surface area contributed by atoms with Crippen molar-refractivity contribution in [2.24, 2.45) is 0 Å². The fourth-order valence-corrected chi connectivity index (χ4v) is 10.5. The summed E-state index contributed by atoms with van der Waals surface area (Å²) in [7, 11) is -1.15. The first-order valence-electron chi connectivity index (χ1n) is 21.6. The Bertz CT molecular complexity index is 2180. The van der Waals surface area contributed by atoms with Gasteiger partial charge in [0.1, 0.15) is 17.2 Å². The monoisotopic (exact) mass is 875 g/mol. The maximum Gasteiger partial charge on any atom is 0.500 e. The molecule has 1 amide bonds. The van der Waals surface area contributed by atoms with E-state index in [-0.39, 0.29) is 6.61 Å². The van der Waals surface area contributed by atoms with E-state index in [4.69, 9.17) is 32.2 Å². The molecule has 0 aromatic heterocycles. The number of methoxy groups -OCH3 is 1. The third-order valence-electron chi connectivity index (χ3n) is 11.2. The van der Waals surface area contributed by atoms with E-state index in [1.54, 1.807) is 43.5 Å². The van der Waals surface area contributed by atoms with E-state index in [9.17, 15) is 14.4 Å². The second-order valence-corrected chi connectivity index (χ2v) is 18.1. The van der Waals surface area contributed by atoms with E-state index in [0.717, 1.165) is 33.6 Å². The van der Waals surface area contributed by atoms with Crippen LogP contribution in [0.2, 0.25) is 6.04 Å². The van der Waals surface area contributed by atoms with Crippen LogP contribution < -0.4 is 19.5 Å². The molecule has 5 rings (SSSR count). The summed E-state index contributed by atoms with van der Waals surface area (Å²) in [4.78, 5) is 37.8. The summed E-state index contributed by atoms with van der Waals surface area (Å²) < 4.78 is 39.9. The molecule has 0 spiro atoms. The number of benzene rings is 5. The molecule has 0 saturated heterocycles. The highest BCUT2D eigenvalue weighted by Crippen LogP contribution is 2.40. The first kappa shape index (κ1) is 48.2. The molecule has 0 aliphatic heterocycles. The minimum Gasteiger partial charge on any atom is -0.497 e. The minimum absolute atomic E-state index is 0.196. The van der Waals surface area contributed by atoms with Crippen LogP contribution in [0.3, 0.4) is 0 Å². The second-order valence-electron chi connectivity index (χ2n) is 15.4. The van der Waals surface area contributed by atoms with Crippen molar-refractivity contribution in [3.05, 3.63) is 161 Å². The van der Waals surface area contributed by atoms with Gasteiger partial charge in [0.2, 0.25) is 0 Å². The highest BCUT2D eigenvalue weighted by atomic mass is 28.4. The van der Waals surface area contributed by atoms with Crippen molar-refractivity contribution in [2.75, 3.05) is 40.1 Å². The quantitative estimate of drug-likeness (QED) is 0.0223. The summed E-state index contributed by atoms with van der Waals surface area (Å²) >= 11 is 0. The molecule has 0 heterocycles. The number of ether oxygens (including phenoxy) is 4. The molecule has 11 nitrogen and oxygen atoms in total. The van der Waals surface area contributed by atoms with Crippen molar-refractivity contribution < 1.29 is 46.6 Å². The fraction of sp³-hybridized carbons (Fsp3) is 0.353. The number of nitrogens with one attached hydrogen (secondary N) is 1. The molecular weight excluding hydrogens is 815 g/mol. The van der Waals surface area contributed by atoms with Crippen molar-refractivity contribution in [1.29, 1.82) is 0 Å². The van der Waals surface area contributed by atoms with E-state index in [1.165, 1.54) is 6.92 Å². The molecule has 2 unspecified atom stereocenters. The Morgan fingerprint density at radius 2 is 1.06 bits per heavy atom. The van der Waals surface area contributed by atoms with Gasteiger partial charge >= 0.3 is 26.8 Å². The molecule has 0 fully saturated rings. The lowest BCUT2D eigenvalue weighted by atomic mass is 9.71. The molecule has 5 aromatic rings. The fourth-order valence-electron chi connectivity index (χ4n) is 7.84. The topological polar surface area (TPSA) is 128 Å². The molecular formula is C51H61NO10Si. The zero-order valence-corrected chi connectivity index (χ0v) is 38.6. The Hall–Kier alpha value is -5.79. The number of alkyl carbamates (subject to hydrolysis) is 1. The summed E-state index contributed by atoms with van der Waals surface area (Å²) in [5.41, 5.74) is 4.53. The average Bonchev–Trinajstić information content (AvgIpc) is 3.30. The molecule has 2 atom stereocenters. The molecule has 0 aliphatic rings. The lowest BCUT2D eigenvalue weighted by molar-refractivity contribution is -0.131. The van der Waals surface area contributed by atoms with Gasteiger partial charge in [-0.2, -0.15) is 0 Å². The second kappa shape index (κ2) is 23.1. The van der Waals surface area contributed by atoms with Crippen molar-refractivity contribution >= 4 is 26.8 Å². The van der Waals surface area contributed by atoms with Crippen molar-refractivity contribution in [2.45, 2.75) is 77.7 Å². The van der Waals surface area contributed by atoms with E-state index in [0.29, 0.717) is 68.7 Å². The van der Waals surface area contributed by atoms with Gasteiger partial charge in [0, 0.05) is 50.2 Å². The van der Waals surface area contributed by atoms with Gasteiger partial charge in [0.05, 0.1) is 19.3 Å². The van der Waals surface area contributed by atoms with Crippen LogP contribution in [0.4, 0.5) is 4.79 Å². The Labute approximate surface area is 373 Å². The minimum atomic E-state index is -2.80. The summed E-state index contributed by atoms with van der Waals surface area (Å²) in [5, 5.41) is 2.83. The van der Waals surface area contributed by atoms with E-state index in [2.05, 4.69) is 43.4 Å². The molecule has 12 heteroatoms. The number of rotatable bonds is 23. The lowest BCUT2D eigenvalue weighted by Gasteiger charge is -2.32. The van der Waals surface area contributed by atoms with Crippen LogP contribution in [0.5, 0.6) is 17.2 Å². The van der Waals surface area contributed by atoms with Crippen LogP contribution in [0.1, 0.15) is 99.0 Å². The van der Waals surface area contributed by atoms with Crippen molar-refractivity contribution in [1.82, 2.24) is 5.32 Å². The van der Waals surface area contributed by atoms with Gasteiger partial charge < -0.3 is 37.5 Å². The molecule has 0 bridgehead atoms. The van der Waals surface area contributed by atoms with Crippen molar-refractivity contribution in [3.63, 3.8) is 0 Å². The molecule has 5 aromatic carbocycles. The van der Waals surface area contributed by atoms with Crippen LogP contribution in [0, 0.1) is 0 Å². The molecule has 334 valence electrons. The van der Waals surface area contributed by atoms with Crippen LogP contribution >= 0.6 is 0 Å². The largest absolute Gasteiger partial charge is 0.500 e.